The van der Waals surface area contributed by atoms with E-state index >= 15 is 0 Å². The van der Waals surface area contributed by atoms with E-state index in [0.717, 1.165) is 20.5 Å². The quantitative estimate of drug-likeness (QED) is 0.287. The second-order valence-corrected chi connectivity index (χ2v) is 7.37. The number of nitrogens with one attached hydrogen (secondary N) is 1. The van der Waals surface area contributed by atoms with Crippen molar-refractivity contribution in [3.8, 4) is 0 Å². The molecule has 0 atom stereocenters. The van der Waals surface area contributed by atoms with Gasteiger partial charge in [-0.3, -0.25) is 5.41 Å². The van der Waals surface area contributed by atoms with Crippen LogP contribution in [0.2, 0.25) is 0 Å². The highest BCUT2D eigenvalue weighted by Gasteiger charge is 2.06. The van der Waals surface area contributed by atoms with Crippen LogP contribution in [-0.2, 0) is 0 Å². The fraction of sp³-hybridized carbons (Fsp3) is 0. The van der Waals surface area contributed by atoms with Gasteiger partial charge >= 0.3 is 0 Å². The van der Waals surface area contributed by atoms with E-state index < -0.39 is 0 Å². The Kier molecular flexibility index (Phi) is 3.48. The maximum Gasteiger partial charge on any atom is 0.133 e. The van der Waals surface area contributed by atoms with E-state index in [2.05, 4.69) is 53.9 Å². The number of benzene rings is 2. The van der Waals surface area contributed by atoms with Crippen LogP contribution in [0.25, 0.3) is 32.3 Å². The van der Waals surface area contributed by atoms with Gasteiger partial charge in [0.1, 0.15) is 5.84 Å². The standard InChI is InChI=1S/C19H14N2S2/c20-19(21)18-11-15-13(2-1-3-17(15)23-18)6-4-12-5-7-16-14(10-12)8-9-22-16/h1-11H,(H3,20,21). The average molecular weight is 334 g/mol. The van der Waals surface area contributed by atoms with Crippen LogP contribution >= 0.6 is 22.7 Å². The van der Waals surface area contributed by atoms with Gasteiger partial charge in [-0.25, -0.2) is 0 Å². The van der Waals surface area contributed by atoms with Crippen LogP contribution in [0.15, 0.2) is 53.9 Å². The Morgan fingerprint density at radius 2 is 1.91 bits per heavy atom. The number of fused-ring (bicyclic) bond motifs is 2. The summed E-state index contributed by atoms with van der Waals surface area (Å²) in [6, 6.07) is 16.9. The van der Waals surface area contributed by atoms with Crippen molar-refractivity contribution in [2.24, 2.45) is 5.73 Å². The van der Waals surface area contributed by atoms with E-state index in [-0.39, 0.29) is 5.84 Å². The van der Waals surface area contributed by atoms with E-state index in [1.165, 1.54) is 15.6 Å². The fourth-order valence-electron chi connectivity index (χ4n) is 2.64. The molecule has 4 rings (SSSR count). The first kappa shape index (κ1) is 14.2. The molecule has 0 radical (unpaired) electrons. The van der Waals surface area contributed by atoms with Crippen molar-refractivity contribution >= 4 is 60.8 Å². The summed E-state index contributed by atoms with van der Waals surface area (Å²) in [6.45, 7) is 0. The Morgan fingerprint density at radius 1 is 1.00 bits per heavy atom. The van der Waals surface area contributed by atoms with Crippen LogP contribution in [0.4, 0.5) is 0 Å². The van der Waals surface area contributed by atoms with Gasteiger partial charge < -0.3 is 5.73 Å². The summed E-state index contributed by atoms with van der Waals surface area (Å²) in [5.41, 5.74) is 7.95. The van der Waals surface area contributed by atoms with Crippen molar-refractivity contribution in [3.63, 3.8) is 0 Å². The third-order valence-electron chi connectivity index (χ3n) is 3.79. The minimum atomic E-state index is 0.129. The molecule has 0 aliphatic rings. The summed E-state index contributed by atoms with van der Waals surface area (Å²) in [5, 5.41) is 12.2. The molecule has 0 saturated heterocycles. The summed E-state index contributed by atoms with van der Waals surface area (Å²) in [4.78, 5) is 0.820. The van der Waals surface area contributed by atoms with Crippen LogP contribution in [-0.4, -0.2) is 5.84 Å². The van der Waals surface area contributed by atoms with Crippen molar-refractivity contribution in [2.45, 2.75) is 0 Å². The zero-order valence-corrected chi connectivity index (χ0v) is 13.9. The molecule has 2 aromatic carbocycles. The van der Waals surface area contributed by atoms with E-state index in [9.17, 15) is 0 Å². The summed E-state index contributed by atoms with van der Waals surface area (Å²) in [5.74, 6) is 0.129. The summed E-state index contributed by atoms with van der Waals surface area (Å²) < 4.78 is 2.47. The maximum absolute atomic E-state index is 7.61. The topological polar surface area (TPSA) is 49.9 Å². The number of hydrogen-bond donors (Lipinski definition) is 2. The molecule has 0 aliphatic carbocycles. The van der Waals surface area contributed by atoms with Crippen molar-refractivity contribution in [1.82, 2.24) is 0 Å². The first-order chi connectivity index (χ1) is 11.2. The monoisotopic (exact) mass is 334 g/mol. The molecular weight excluding hydrogens is 320 g/mol. The molecule has 2 nitrogen and oxygen atoms in total. The lowest BCUT2D eigenvalue weighted by Gasteiger charge is -1.98. The zero-order valence-electron chi connectivity index (χ0n) is 12.2. The highest BCUT2D eigenvalue weighted by Crippen LogP contribution is 2.29. The van der Waals surface area contributed by atoms with Crippen LogP contribution < -0.4 is 5.73 Å². The maximum atomic E-state index is 7.61. The third-order valence-corrected chi connectivity index (χ3v) is 5.82. The van der Waals surface area contributed by atoms with Crippen LogP contribution in [0.3, 0.4) is 0 Å². The predicted octanol–water partition coefficient (Wildman–Crippen LogP) is 5.57. The number of nitrogens with two attached hydrogens (primary N) is 1. The highest BCUT2D eigenvalue weighted by molar-refractivity contribution is 7.20. The van der Waals surface area contributed by atoms with Gasteiger partial charge in [-0.15, -0.1) is 22.7 Å². The average Bonchev–Trinajstić information content (AvgIpc) is 3.18. The van der Waals surface area contributed by atoms with Gasteiger partial charge in [-0.1, -0.05) is 30.4 Å². The van der Waals surface area contributed by atoms with Gasteiger partial charge in [0.2, 0.25) is 0 Å². The van der Waals surface area contributed by atoms with E-state index in [1.54, 1.807) is 22.7 Å². The number of rotatable bonds is 3. The number of amidine groups is 1. The molecule has 0 unspecified atom stereocenters. The Morgan fingerprint density at radius 3 is 2.78 bits per heavy atom. The second-order valence-electron chi connectivity index (χ2n) is 5.33. The van der Waals surface area contributed by atoms with Gasteiger partial charge in [0.15, 0.2) is 0 Å². The molecule has 0 amide bonds. The Bertz CT molecular complexity index is 1050. The van der Waals surface area contributed by atoms with Gasteiger partial charge in [0, 0.05) is 14.8 Å². The molecule has 0 aliphatic heterocycles. The normalized spacial score (nSPS) is 11.7. The summed E-state index contributed by atoms with van der Waals surface area (Å²) in [7, 11) is 0. The molecule has 0 spiro atoms. The lowest BCUT2D eigenvalue weighted by molar-refractivity contribution is 1.46. The van der Waals surface area contributed by atoms with Gasteiger partial charge in [0.25, 0.3) is 0 Å². The number of thiophene rings is 2. The molecule has 0 saturated carbocycles. The van der Waals surface area contributed by atoms with Crippen LogP contribution in [0.1, 0.15) is 16.0 Å². The Balaban J connectivity index is 1.75. The van der Waals surface area contributed by atoms with E-state index in [4.69, 9.17) is 11.1 Å². The minimum absolute atomic E-state index is 0.129. The molecule has 4 heteroatoms. The first-order valence-electron chi connectivity index (χ1n) is 7.23. The van der Waals surface area contributed by atoms with Crippen molar-refractivity contribution < 1.29 is 0 Å². The van der Waals surface area contributed by atoms with Crippen LogP contribution in [0, 0.1) is 5.41 Å². The SMILES string of the molecule is N=C(N)c1cc2c(C=Cc3ccc4sccc4c3)cccc2s1. The van der Waals surface area contributed by atoms with Crippen LogP contribution in [0.5, 0.6) is 0 Å². The first-order valence-corrected chi connectivity index (χ1v) is 8.92. The highest BCUT2D eigenvalue weighted by atomic mass is 32.1. The van der Waals surface area contributed by atoms with Gasteiger partial charge in [-0.2, -0.15) is 0 Å². The zero-order chi connectivity index (χ0) is 15.8. The molecule has 0 bridgehead atoms. The smallest absolute Gasteiger partial charge is 0.133 e. The third kappa shape index (κ3) is 2.67. The summed E-state index contributed by atoms with van der Waals surface area (Å²) in [6.07, 6.45) is 4.27. The molecule has 0 fully saturated rings. The van der Waals surface area contributed by atoms with E-state index in [1.807, 2.05) is 12.1 Å². The predicted molar refractivity (Wildman–Crippen MR) is 104 cm³/mol. The molecule has 23 heavy (non-hydrogen) atoms. The molecule has 112 valence electrons. The molecule has 3 N–H and O–H groups in total. The summed E-state index contributed by atoms with van der Waals surface area (Å²) >= 11 is 3.33. The van der Waals surface area contributed by atoms with Crippen molar-refractivity contribution in [1.29, 1.82) is 5.41 Å². The molecule has 2 heterocycles. The Labute approximate surface area is 142 Å². The second kappa shape index (κ2) is 5.65. The molecule has 2 aromatic heterocycles. The van der Waals surface area contributed by atoms with Crippen molar-refractivity contribution in [3.05, 3.63) is 69.9 Å². The van der Waals surface area contributed by atoms with Crippen molar-refractivity contribution in [2.75, 3.05) is 0 Å². The van der Waals surface area contributed by atoms with Gasteiger partial charge in [0.05, 0.1) is 4.88 Å². The van der Waals surface area contributed by atoms with Gasteiger partial charge in [-0.05, 0) is 52.2 Å². The lowest BCUT2D eigenvalue weighted by Crippen LogP contribution is -2.08. The van der Waals surface area contributed by atoms with E-state index in [0.29, 0.717) is 0 Å². The number of nitrogen functional groups attached to an aromatic ring is 1. The fourth-order valence-corrected chi connectivity index (χ4v) is 4.36. The molecule has 4 aromatic rings. The lowest BCUT2D eigenvalue weighted by atomic mass is 10.1. The Hall–Kier alpha value is -2.43. The minimum Gasteiger partial charge on any atom is -0.383 e. The molecular formula is C19H14N2S2. The largest absolute Gasteiger partial charge is 0.383 e. The number of hydrogen-bond acceptors (Lipinski definition) is 3.